The second-order valence-corrected chi connectivity index (χ2v) is 8.16. The Kier molecular flexibility index (Phi) is 6.65. The van der Waals surface area contributed by atoms with Crippen molar-refractivity contribution in [1.29, 1.82) is 0 Å². The molecule has 0 saturated carbocycles. The highest BCUT2D eigenvalue weighted by molar-refractivity contribution is 7.12. The van der Waals surface area contributed by atoms with E-state index >= 15 is 0 Å². The van der Waals surface area contributed by atoms with Gasteiger partial charge in [-0.2, -0.15) is 5.10 Å². The lowest BCUT2D eigenvalue weighted by Gasteiger charge is -2.17. The molecule has 0 aliphatic heterocycles. The van der Waals surface area contributed by atoms with Crippen molar-refractivity contribution < 1.29 is 9.53 Å². The Morgan fingerprint density at radius 2 is 2.07 bits per heavy atom. The van der Waals surface area contributed by atoms with E-state index in [1.165, 1.54) is 11.3 Å². The van der Waals surface area contributed by atoms with Crippen LogP contribution in [0.5, 0.6) is 5.75 Å². The van der Waals surface area contributed by atoms with E-state index in [-0.39, 0.29) is 5.91 Å². The highest BCUT2D eigenvalue weighted by Crippen LogP contribution is 2.24. The smallest absolute Gasteiger partial charge is 0.264 e. The van der Waals surface area contributed by atoms with Crippen LogP contribution in [-0.2, 0) is 19.7 Å². The number of benzene rings is 1. The maximum absolute atomic E-state index is 12.8. The summed E-state index contributed by atoms with van der Waals surface area (Å²) in [6, 6.07) is 7.41. The Morgan fingerprint density at radius 1 is 1.29 bits per heavy atom. The van der Waals surface area contributed by atoms with Crippen molar-refractivity contribution in [2.45, 2.75) is 33.5 Å². The Bertz CT molecular complexity index is 984. The fourth-order valence-electron chi connectivity index (χ4n) is 2.74. The van der Waals surface area contributed by atoms with Crippen LogP contribution in [0, 0.1) is 6.92 Å². The molecular formula is C20H21Cl2N3O2S. The Hall–Kier alpha value is -2.02. The molecule has 1 amide bonds. The summed E-state index contributed by atoms with van der Waals surface area (Å²) in [6.07, 6.45) is 1.61. The summed E-state index contributed by atoms with van der Waals surface area (Å²) in [7, 11) is 1.76. The number of nitrogens with zero attached hydrogens (tertiary/aromatic N) is 3. The van der Waals surface area contributed by atoms with Crippen LogP contribution in [0.4, 0.5) is 0 Å². The Balaban J connectivity index is 1.63. The van der Waals surface area contributed by atoms with Crippen molar-refractivity contribution in [2.75, 3.05) is 7.05 Å². The number of rotatable bonds is 7. The maximum Gasteiger partial charge on any atom is 0.264 e. The van der Waals surface area contributed by atoms with Crippen LogP contribution < -0.4 is 4.74 Å². The molecule has 0 saturated heterocycles. The second-order valence-electron chi connectivity index (χ2n) is 6.44. The average Bonchev–Trinajstić information content (AvgIpc) is 3.29. The predicted molar refractivity (Wildman–Crippen MR) is 114 cm³/mol. The molecule has 28 heavy (non-hydrogen) atoms. The average molecular weight is 438 g/mol. The molecule has 1 aromatic carbocycles. The number of hydrogen-bond donors (Lipinski definition) is 0. The van der Waals surface area contributed by atoms with Gasteiger partial charge in [0.05, 0.1) is 28.3 Å². The van der Waals surface area contributed by atoms with Crippen molar-refractivity contribution in [3.8, 4) is 5.75 Å². The molecule has 0 radical (unpaired) electrons. The van der Waals surface area contributed by atoms with Gasteiger partial charge in [-0.1, -0.05) is 23.2 Å². The van der Waals surface area contributed by atoms with Gasteiger partial charge in [0, 0.05) is 24.2 Å². The molecule has 0 bridgehead atoms. The minimum atomic E-state index is -0.0569. The van der Waals surface area contributed by atoms with E-state index in [1.54, 1.807) is 22.8 Å². The molecule has 0 aliphatic carbocycles. The number of halogens is 2. The summed E-state index contributed by atoms with van der Waals surface area (Å²) in [5, 5.41) is 7.43. The highest BCUT2D eigenvalue weighted by Gasteiger charge is 2.18. The normalized spacial score (nSPS) is 10.9. The number of thiophene rings is 1. The van der Waals surface area contributed by atoms with Gasteiger partial charge in [0.2, 0.25) is 0 Å². The van der Waals surface area contributed by atoms with E-state index in [1.807, 2.05) is 43.5 Å². The number of ether oxygens (including phenoxy) is 1. The van der Waals surface area contributed by atoms with Crippen LogP contribution >= 0.6 is 34.5 Å². The van der Waals surface area contributed by atoms with Gasteiger partial charge in [0.15, 0.2) is 0 Å². The van der Waals surface area contributed by atoms with Crippen molar-refractivity contribution in [1.82, 2.24) is 14.7 Å². The lowest BCUT2D eigenvalue weighted by atomic mass is 10.2. The number of aryl methyl sites for hydroxylation is 2. The Morgan fingerprint density at radius 3 is 2.79 bits per heavy atom. The molecule has 0 spiro atoms. The molecule has 0 aliphatic rings. The summed E-state index contributed by atoms with van der Waals surface area (Å²) in [5.41, 5.74) is 2.75. The first-order valence-electron chi connectivity index (χ1n) is 8.81. The van der Waals surface area contributed by atoms with Crippen LogP contribution in [0.3, 0.4) is 0 Å². The highest BCUT2D eigenvalue weighted by atomic mass is 35.5. The second kappa shape index (κ2) is 8.99. The molecule has 148 valence electrons. The molecule has 0 N–H and O–H groups in total. The van der Waals surface area contributed by atoms with Gasteiger partial charge in [-0.25, -0.2) is 0 Å². The SMILES string of the molecule is CCn1ncc(Cl)c1CN(C)C(=O)c1cc(COc2ccc(Cl)c(C)c2)cs1. The van der Waals surface area contributed by atoms with Crippen LogP contribution in [0.2, 0.25) is 10.0 Å². The number of carbonyl (C=O) groups is 1. The van der Waals surface area contributed by atoms with Crippen molar-refractivity contribution in [2.24, 2.45) is 0 Å². The van der Waals surface area contributed by atoms with E-state index in [4.69, 9.17) is 27.9 Å². The molecule has 0 atom stereocenters. The molecule has 0 unspecified atom stereocenters. The molecule has 3 rings (SSSR count). The summed E-state index contributed by atoms with van der Waals surface area (Å²) in [6.45, 7) is 5.42. The van der Waals surface area contributed by atoms with Crippen LogP contribution in [-0.4, -0.2) is 27.6 Å². The quantitative estimate of drug-likeness (QED) is 0.494. The molecule has 8 heteroatoms. The first-order chi connectivity index (χ1) is 13.4. The van der Waals surface area contributed by atoms with Gasteiger partial charge in [0.1, 0.15) is 12.4 Å². The standard InChI is InChI=1S/C20H21Cl2N3O2S/c1-4-25-18(17(22)9-23-25)10-24(3)20(26)19-8-14(12-28-19)11-27-15-5-6-16(21)13(2)7-15/h5-9,12H,4,10-11H2,1-3H3. The van der Waals surface area contributed by atoms with Gasteiger partial charge in [-0.15, -0.1) is 11.3 Å². The minimum Gasteiger partial charge on any atom is -0.489 e. The lowest BCUT2D eigenvalue weighted by Crippen LogP contribution is -2.27. The van der Waals surface area contributed by atoms with E-state index in [9.17, 15) is 4.79 Å². The molecular weight excluding hydrogens is 417 g/mol. The molecule has 2 heterocycles. The molecule has 3 aromatic rings. The lowest BCUT2D eigenvalue weighted by molar-refractivity contribution is 0.0786. The third kappa shape index (κ3) is 4.69. The monoisotopic (exact) mass is 437 g/mol. The van der Waals surface area contributed by atoms with E-state index in [2.05, 4.69) is 5.10 Å². The third-order valence-electron chi connectivity index (χ3n) is 4.33. The largest absolute Gasteiger partial charge is 0.489 e. The molecule has 0 fully saturated rings. The first kappa shape index (κ1) is 20.7. The van der Waals surface area contributed by atoms with E-state index in [0.717, 1.165) is 22.6 Å². The van der Waals surface area contributed by atoms with Gasteiger partial charge in [0.25, 0.3) is 5.91 Å². The van der Waals surface area contributed by atoms with Crippen LogP contribution in [0.1, 0.15) is 33.4 Å². The number of carbonyl (C=O) groups excluding carboxylic acids is 1. The maximum atomic E-state index is 12.8. The summed E-state index contributed by atoms with van der Waals surface area (Å²) < 4.78 is 7.61. The fraction of sp³-hybridized carbons (Fsp3) is 0.300. The number of hydrogen-bond acceptors (Lipinski definition) is 4. The fourth-order valence-corrected chi connectivity index (χ4v) is 3.95. The summed E-state index contributed by atoms with van der Waals surface area (Å²) in [5.74, 6) is 0.694. The zero-order valence-electron chi connectivity index (χ0n) is 15.9. The van der Waals surface area contributed by atoms with Crippen molar-refractivity contribution in [3.05, 3.63) is 67.6 Å². The van der Waals surface area contributed by atoms with Crippen molar-refractivity contribution in [3.63, 3.8) is 0 Å². The topological polar surface area (TPSA) is 47.4 Å². The summed E-state index contributed by atoms with van der Waals surface area (Å²) in [4.78, 5) is 15.1. The predicted octanol–water partition coefficient (Wildman–Crippen LogP) is 5.43. The van der Waals surface area contributed by atoms with Crippen LogP contribution in [0.25, 0.3) is 0 Å². The van der Waals surface area contributed by atoms with Gasteiger partial charge >= 0.3 is 0 Å². The summed E-state index contributed by atoms with van der Waals surface area (Å²) >= 11 is 13.6. The number of amides is 1. The minimum absolute atomic E-state index is 0.0569. The number of aromatic nitrogens is 2. The first-order valence-corrected chi connectivity index (χ1v) is 10.4. The van der Waals surface area contributed by atoms with Crippen LogP contribution in [0.15, 0.2) is 35.8 Å². The molecule has 5 nitrogen and oxygen atoms in total. The van der Waals surface area contributed by atoms with Crippen molar-refractivity contribution >= 4 is 40.4 Å². The van der Waals surface area contributed by atoms with Gasteiger partial charge in [-0.05, 0) is 49.1 Å². The van der Waals surface area contributed by atoms with E-state index in [0.29, 0.717) is 34.6 Å². The zero-order chi connectivity index (χ0) is 20.3. The Labute approximate surface area is 178 Å². The third-order valence-corrected chi connectivity index (χ3v) is 6.04. The van der Waals surface area contributed by atoms with Gasteiger partial charge < -0.3 is 9.64 Å². The molecule has 2 aromatic heterocycles. The van der Waals surface area contributed by atoms with E-state index < -0.39 is 0 Å². The zero-order valence-corrected chi connectivity index (χ0v) is 18.2. The van der Waals surface area contributed by atoms with Gasteiger partial charge in [-0.3, -0.25) is 9.48 Å².